The minimum Gasteiger partial charge on any atom is -0.381 e. The van der Waals surface area contributed by atoms with Crippen molar-refractivity contribution in [2.45, 2.75) is 13.1 Å². The summed E-state index contributed by atoms with van der Waals surface area (Å²) in [6.07, 6.45) is -4.34. The van der Waals surface area contributed by atoms with Gasteiger partial charge in [0.1, 0.15) is 0 Å². The summed E-state index contributed by atoms with van der Waals surface area (Å²) in [4.78, 5) is 0. The summed E-state index contributed by atoms with van der Waals surface area (Å²) in [6.45, 7) is 1.69. The molecule has 90 valence electrons. The predicted molar refractivity (Wildman–Crippen MR) is 55.5 cm³/mol. The number of nitrogens with two attached hydrogens (primary N) is 1. The Balaban J connectivity index is 2.40. The zero-order chi connectivity index (χ0) is 12.6. The third-order valence-electron chi connectivity index (χ3n) is 2.37. The molecule has 0 saturated carbocycles. The lowest BCUT2D eigenvalue weighted by molar-refractivity contribution is -0.137. The maximum Gasteiger partial charge on any atom is 0.416 e. The second-order valence-electron chi connectivity index (χ2n) is 3.52. The molecule has 1 heterocycles. The monoisotopic (exact) mass is 242 g/mol. The number of halogens is 3. The van der Waals surface area contributed by atoms with E-state index in [-0.39, 0.29) is 5.82 Å². The Kier molecular flexibility index (Phi) is 2.53. The molecule has 0 saturated heterocycles. The second kappa shape index (κ2) is 3.76. The summed E-state index contributed by atoms with van der Waals surface area (Å²) in [5.74, 6) is 0.255. The van der Waals surface area contributed by atoms with Gasteiger partial charge in [0.2, 0.25) is 0 Å². The first-order valence-corrected chi connectivity index (χ1v) is 4.75. The average molecular weight is 242 g/mol. The topological polar surface area (TPSA) is 56.7 Å². The van der Waals surface area contributed by atoms with Gasteiger partial charge in [-0.3, -0.25) is 0 Å². The highest BCUT2D eigenvalue weighted by Crippen LogP contribution is 2.29. The Hall–Kier alpha value is -2.05. The molecule has 2 aromatic rings. The third-order valence-corrected chi connectivity index (χ3v) is 2.37. The summed E-state index contributed by atoms with van der Waals surface area (Å²) in [7, 11) is 0. The molecule has 1 aromatic carbocycles. The van der Waals surface area contributed by atoms with Gasteiger partial charge in [0.05, 0.1) is 16.9 Å². The van der Waals surface area contributed by atoms with Crippen LogP contribution in [0.2, 0.25) is 0 Å². The normalized spacial score (nSPS) is 11.8. The van der Waals surface area contributed by atoms with E-state index in [1.807, 2.05) is 0 Å². The molecule has 0 aliphatic heterocycles. The molecule has 0 fully saturated rings. The largest absolute Gasteiger partial charge is 0.416 e. The van der Waals surface area contributed by atoms with Crippen molar-refractivity contribution in [2.75, 3.05) is 5.73 Å². The number of nitrogens with zero attached hydrogens (tertiary/aromatic N) is 3. The van der Waals surface area contributed by atoms with Crippen molar-refractivity contribution in [1.29, 1.82) is 0 Å². The van der Waals surface area contributed by atoms with Crippen LogP contribution in [0.5, 0.6) is 0 Å². The fourth-order valence-electron chi connectivity index (χ4n) is 1.38. The van der Waals surface area contributed by atoms with E-state index in [0.29, 0.717) is 11.4 Å². The smallest absolute Gasteiger partial charge is 0.381 e. The predicted octanol–water partition coefficient (Wildman–Crippen LogP) is 2.18. The molecule has 0 unspecified atom stereocenters. The molecule has 0 aliphatic rings. The van der Waals surface area contributed by atoms with E-state index in [1.165, 1.54) is 16.8 Å². The van der Waals surface area contributed by atoms with Crippen LogP contribution in [0.15, 0.2) is 24.3 Å². The molecule has 0 bridgehead atoms. The number of anilines is 1. The minimum atomic E-state index is -4.34. The van der Waals surface area contributed by atoms with Gasteiger partial charge in [-0.1, -0.05) is 5.21 Å². The second-order valence-corrected chi connectivity index (χ2v) is 3.52. The fraction of sp³-hybridized carbons (Fsp3) is 0.200. The fourth-order valence-corrected chi connectivity index (χ4v) is 1.38. The number of hydrogen-bond acceptors (Lipinski definition) is 3. The Morgan fingerprint density at radius 2 is 1.76 bits per heavy atom. The molecule has 4 nitrogen and oxygen atoms in total. The van der Waals surface area contributed by atoms with E-state index in [1.54, 1.807) is 6.92 Å². The van der Waals surface area contributed by atoms with E-state index in [4.69, 9.17) is 5.73 Å². The van der Waals surface area contributed by atoms with E-state index in [0.717, 1.165) is 12.1 Å². The molecule has 0 amide bonds. The standard InChI is InChI=1S/C10H9F3N4/c1-6-9(14)15-16-17(6)8-4-2-7(3-5-8)10(11,12)13/h2-5H,14H2,1H3. The molecule has 7 heteroatoms. The van der Waals surface area contributed by atoms with Crippen molar-refractivity contribution >= 4 is 5.82 Å². The van der Waals surface area contributed by atoms with Crippen molar-refractivity contribution in [2.24, 2.45) is 0 Å². The number of rotatable bonds is 1. The van der Waals surface area contributed by atoms with E-state index < -0.39 is 11.7 Å². The Bertz CT molecular complexity index is 527. The van der Waals surface area contributed by atoms with Gasteiger partial charge in [0.25, 0.3) is 0 Å². The molecule has 2 N–H and O–H groups in total. The molecule has 1 aromatic heterocycles. The number of hydrogen-bond donors (Lipinski definition) is 1. The maximum absolute atomic E-state index is 12.4. The quantitative estimate of drug-likeness (QED) is 0.833. The number of benzene rings is 1. The Labute approximate surface area is 94.9 Å². The lowest BCUT2D eigenvalue weighted by Gasteiger charge is -2.08. The van der Waals surface area contributed by atoms with Gasteiger partial charge < -0.3 is 5.73 Å². The zero-order valence-corrected chi connectivity index (χ0v) is 8.86. The number of aromatic nitrogens is 3. The molecule has 2 rings (SSSR count). The molecular weight excluding hydrogens is 233 g/mol. The van der Waals surface area contributed by atoms with Crippen LogP contribution < -0.4 is 5.73 Å². The van der Waals surface area contributed by atoms with Crippen molar-refractivity contribution in [3.8, 4) is 5.69 Å². The summed E-state index contributed by atoms with van der Waals surface area (Å²) in [5, 5.41) is 7.37. The number of alkyl halides is 3. The molecule has 0 atom stereocenters. The van der Waals surface area contributed by atoms with Gasteiger partial charge in [-0.15, -0.1) is 5.10 Å². The van der Waals surface area contributed by atoms with E-state index in [9.17, 15) is 13.2 Å². The Morgan fingerprint density at radius 1 is 1.18 bits per heavy atom. The maximum atomic E-state index is 12.4. The van der Waals surface area contributed by atoms with Gasteiger partial charge >= 0.3 is 6.18 Å². The van der Waals surface area contributed by atoms with Gasteiger partial charge in [-0.25, -0.2) is 4.68 Å². The first-order chi connectivity index (χ1) is 7.89. The van der Waals surface area contributed by atoms with E-state index in [2.05, 4.69) is 10.3 Å². The lowest BCUT2D eigenvalue weighted by atomic mass is 10.2. The molecular formula is C10H9F3N4. The van der Waals surface area contributed by atoms with Gasteiger partial charge in [-0.2, -0.15) is 13.2 Å². The van der Waals surface area contributed by atoms with Crippen LogP contribution >= 0.6 is 0 Å². The first kappa shape index (κ1) is 11.4. The van der Waals surface area contributed by atoms with Crippen LogP contribution in [0.1, 0.15) is 11.3 Å². The highest BCUT2D eigenvalue weighted by atomic mass is 19.4. The minimum absolute atomic E-state index is 0.255. The van der Waals surface area contributed by atoms with Gasteiger partial charge in [0, 0.05) is 0 Å². The van der Waals surface area contributed by atoms with Crippen LogP contribution in [0, 0.1) is 6.92 Å². The SMILES string of the molecule is Cc1c(N)nnn1-c1ccc(C(F)(F)F)cc1. The van der Waals surface area contributed by atoms with Crippen LogP contribution in [0.3, 0.4) is 0 Å². The third kappa shape index (κ3) is 2.08. The molecule has 17 heavy (non-hydrogen) atoms. The van der Waals surface area contributed by atoms with Gasteiger partial charge in [-0.05, 0) is 31.2 Å². The number of nitrogen functional groups attached to an aromatic ring is 1. The summed E-state index contributed by atoms with van der Waals surface area (Å²) >= 11 is 0. The molecule has 0 radical (unpaired) electrons. The van der Waals surface area contributed by atoms with Crippen molar-refractivity contribution < 1.29 is 13.2 Å². The van der Waals surface area contributed by atoms with E-state index >= 15 is 0 Å². The van der Waals surface area contributed by atoms with Gasteiger partial charge in [0.15, 0.2) is 5.82 Å². The van der Waals surface area contributed by atoms with Crippen LogP contribution in [-0.2, 0) is 6.18 Å². The Morgan fingerprint density at radius 3 is 2.18 bits per heavy atom. The van der Waals surface area contributed by atoms with Crippen molar-refractivity contribution in [3.63, 3.8) is 0 Å². The van der Waals surface area contributed by atoms with Crippen molar-refractivity contribution in [1.82, 2.24) is 15.0 Å². The zero-order valence-electron chi connectivity index (χ0n) is 8.86. The molecule has 0 aliphatic carbocycles. The highest BCUT2D eigenvalue weighted by Gasteiger charge is 2.30. The summed E-state index contributed by atoms with van der Waals surface area (Å²) < 4.78 is 38.4. The summed E-state index contributed by atoms with van der Waals surface area (Å²) in [6, 6.07) is 4.63. The summed E-state index contributed by atoms with van der Waals surface area (Å²) in [5.41, 5.74) is 5.87. The van der Waals surface area contributed by atoms with Crippen LogP contribution in [0.4, 0.5) is 19.0 Å². The van der Waals surface area contributed by atoms with Crippen LogP contribution in [0.25, 0.3) is 5.69 Å². The molecule has 0 spiro atoms. The first-order valence-electron chi connectivity index (χ1n) is 4.75. The van der Waals surface area contributed by atoms with Crippen LogP contribution in [-0.4, -0.2) is 15.0 Å². The van der Waals surface area contributed by atoms with Crippen molar-refractivity contribution in [3.05, 3.63) is 35.5 Å². The lowest BCUT2D eigenvalue weighted by Crippen LogP contribution is -2.06. The highest BCUT2D eigenvalue weighted by molar-refractivity contribution is 5.41. The average Bonchev–Trinajstić information content (AvgIpc) is 2.59.